The van der Waals surface area contributed by atoms with E-state index in [1.54, 1.807) is 6.20 Å². The van der Waals surface area contributed by atoms with Gasteiger partial charge in [-0.3, -0.25) is 14.7 Å². The van der Waals surface area contributed by atoms with Gasteiger partial charge in [0.25, 0.3) is 5.91 Å². The molecule has 0 atom stereocenters. The van der Waals surface area contributed by atoms with E-state index in [0.29, 0.717) is 23.0 Å². The molecule has 5 nitrogen and oxygen atoms in total. The van der Waals surface area contributed by atoms with Crippen molar-refractivity contribution in [2.45, 2.75) is 6.54 Å². The molecule has 0 radical (unpaired) electrons. The van der Waals surface area contributed by atoms with Crippen molar-refractivity contribution >= 4 is 39.7 Å². The second kappa shape index (κ2) is 8.75. The molecule has 0 N–H and O–H groups in total. The van der Waals surface area contributed by atoms with Gasteiger partial charge in [0.2, 0.25) is 0 Å². The van der Waals surface area contributed by atoms with Crippen LogP contribution in [0.2, 0.25) is 4.34 Å². The minimum Gasteiger partial charge on any atom is -0.336 e. The minimum atomic E-state index is 0.0588. The maximum Gasteiger partial charge on any atom is 0.254 e. The van der Waals surface area contributed by atoms with Gasteiger partial charge in [-0.15, -0.1) is 11.3 Å². The van der Waals surface area contributed by atoms with Crippen LogP contribution in [0.3, 0.4) is 0 Å². The van der Waals surface area contributed by atoms with Gasteiger partial charge in [-0.25, -0.2) is 4.98 Å². The van der Waals surface area contributed by atoms with Crippen LogP contribution in [-0.2, 0) is 6.54 Å². The van der Waals surface area contributed by atoms with Gasteiger partial charge in [-0.2, -0.15) is 0 Å². The Balaban J connectivity index is 1.38. The second-order valence-corrected chi connectivity index (χ2v) is 9.32. The van der Waals surface area contributed by atoms with Gasteiger partial charge in [0.15, 0.2) is 0 Å². The summed E-state index contributed by atoms with van der Waals surface area (Å²) in [5.74, 6) is 0.0588. The number of rotatable bonds is 4. The molecule has 7 heteroatoms. The molecule has 5 rings (SSSR count). The van der Waals surface area contributed by atoms with Crippen LogP contribution in [-0.4, -0.2) is 51.9 Å². The van der Waals surface area contributed by atoms with Gasteiger partial charge in [0, 0.05) is 50.5 Å². The third-order valence-corrected chi connectivity index (χ3v) is 6.81. The van der Waals surface area contributed by atoms with Crippen molar-refractivity contribution in [3.05, 3.63) is 82.5 Å². The SMILES string of the molecule is O=C(c1cc(-c2ccc(Cl)s2)nc2ccccc12)N1CCN(Cc2cccnc2)CC1. The largest absolute Gasteiger partial charge is 0.336 e. The molecule has 1 amide bonds. The summed E-state index contributed by atoms with van der Waals surface area (Å²) in [5.41, 5.74) is 3.50. The smallest absolute Gasteiger partial charge is 0.254 e. The van der Waals surface area contributed by atoms with Crippen molar-refractivity contribution in [3.8, 4) is 10.6 Å². The molecule has 4 aromatic rings. The Labute approximate surface area is 189 Å². The highest BCUT2D eigenvalue weighted by molar-refractivity contribution is 7.19. The number of fused-ring (bicyclic) bond motifs is 1. The highest BCUT2D eigenvalue weighted by atomic mass is 35.5. The van der Waals surface area contributed by atoms with Gasteiger partial charge in [0.05, 0.1) is 26.0 Å². The first-order valence-electron chi connectivity index (χ1n) is 10.2. The van der Waals surface area contributed by atoms with Crippen LogP contribution in [0, 0.1) is 0 Å². The normalized spacial score (nSPS) is 14.8. The van der Waals surface area contributed by atoms with Crippen LogP contribution in [0.5, 0.6) is 0 Å². The Kier molecular flexibility index (Phi) is 5.68. The Morgan fingerprint density at radius 2 is 1.87 bits per heavy atom. The van der Waals surface area contributed by atoms with Gasteiger partial charge in [0.1, 0.15) is 0 Å². The van der Waals surface area contributed by atoms with Gasteiger partial charge in [-0.05, 0) is 35.9 Å². The summed E-state index contributed by atoms with van der Waals surface area (Å²) >= 11 is 7.60. The number of carbonyl (C=O) groups excluding carboxylic acids is 1. The molecule has 156 valence electrons. The zero-order chi connectivity index (χ0) is 21.2. The number of pyridine rings is 2. The van der Waals surface area contributed by atoms with E-state index in [2.05, 4.69) is 16.0 Å². The standard InChI is InChI=1S/C24H21ClN4OS/c25-23-8-7-22(31-23)21-14-19(18-5-1-2-6-20(18)27-21)24(30)29-12-10-28(11-13-29)16-17-4-3-9-26-15-17/h1-9,14-15H,10-13,16H2. The molecular formula is C24H21ClN4OS. The van der Waals surface area contributed by atoms with Crippen LogP contribution in [0.1, 0.15) is 15.9 Å². The Morgan fingerprint density at radius 1 is 1.03 bits per heavy atom. The Morgan fingerprint density at radius 3 is 2.61 bits per heavy atom. The van der Waals surface area contributed by atoms with Crippen molar-refractivity contribution in [2.24, 2.45) is 0 Å². The number of hydrogen-bond donors (Lipinski definition) is 0. The second-order valence-electron chi connectivity index (χ2n) is 7.61. The lowest BCUT2D eigenvalue weighted by Gasteiger charge is -2.35. The van der Waals surface area contributed by atoms with E-state index in [0.717, 1.165) is 41.1 Å². The molecule has 1 aliphatic rings. The number of piperazine rings is 1. The molecule has 0 bridgehead atoms. The lowest BCUT2D eigenvalue weighted by atomic mass is 10.1. The molecule has 31 heavy (non-hydrogen) atoms. The highest BCUT2D eigenvalue weighted by Gasteiger charge is 2.24. The first-order chi connectivity index (χ1) is 15.2. The van der Waals surface area contributed by atoms with Crippen molar-refractivity contribution in [2.75, 3.05) is 26.2 Å². The molecule has 0 saturated carbocycles. The lowest BCUT2D eigenvalue weighted by Crippen LogP contribution is -2.48. The highest BCUT2D eigenvalue weighted by Crippen LogP contribution is 2.32. The molecule has 1 aromatic carbocycles. The first-order valence-corrected chi connectivity index (χ1v) is 11.4. The average Bonchev–Trinajstić information content (AvgIpc) is 3.25. The number of nitrogens with zero attached hydrogens (tertiary/aromatic N) is 4. The number of carbonyl (C=O) groups is 1. The van der Waals surface area contributed by atoms with Crippen molar-refractivity contribution in [3.63, 3.8) is 0 Å². The first kappa shape index (κ1) is 20.1. The summed E-state index contributed by atoms with van der Waals surface area (Å²) in [4.78, 5) is 27.8. The summed E-state index contributed by atoms with van der Waals surface area (Å²) < 4.78 is 0.711. The fourth-order valence-corrected chi connectivity index (χ4v) is 4.96. The van der Waals surface area contributed by atoms with Crippen molar-refractivity contribution in [1.82, 2.24) is 19.8 Å². The summed E-state index contributed by atoms with van der Waals surface area (Å²) in [5, 5.41) is 0.886. The van der Waals surface area contributed by atoms with E-state index >= 15 is 0 Å². The summed E-state index contributed by atoms with van der Waals surface area (Å²) in [6.45, 7) is 3.96. The van der Waals surface area contributed by atoms with Gasteiger partial charge < -0.3 is 4.90 Å². The lowest BCUT2D eigenvalue weighted by molar-refractivity contribution is 0.0630. The van der Waals surface area contributed by atoms with E-state index in [-0.39, 0.29) is 5.91 Å². The quantitative estimate of drug-likeness (QED) is 0.442. The molecule has 1 aliphatic heterocycles. The van der Waals surface area contributed by atoms with Crippen LogP contribution in [0.4, 0.5) is 0 Å². The number of amides is 1. The molecule has 4 heterocycles. The predicted octanol–water partition coefficient (Wildman–Crippen LogP) is 4.97. The molecule has 0 unspecified atom stereocenters. The zero-order valence-electron chi connectivity index (χ0n) is 16.9. The number of thiophene rings is 1. The molecule has 0 aliphatic carbocycles. The predicted molar refractivity (Wildman–Crippen MR) is 125 cm³/mol. The van der Waals surface area contributed by atoms with Gasteiger partial charge >= 0.3 is 0 Å². The number of benzene rings is 1. The maximum absolute atomic E-state index is 13.5. The van der Waals surface area contributed by atoms with E-state index in [4.69, 9.17) is 16.6 Å². The molecule has 1 fully saturated rings. The van der Waals surface area contributed by atoms with Crippen molar-refractivity contribution < 1.29 is 4.79 Å². The fourth-order valence-electron chi connectivity index (χ4n) is 3.96. The van der Waals surface area contributed by atoms with Crippen molar-refractivity contribution in [1.29, 1.82) is 0 Å². The zero-order valence-corrected chi connectivity index (χ0v) is 18.4. The summed E-state index contributed by atoms with van der Waals surface area (Å²) in [6, 6.07) is 17.6. The number of para-hydroxylation sites is 1. The maximum atomic E-state index is 13.5. The third kappa shape index (κ3) is 4.32. The molecule has 0 spiro atoms. The topological polar surface area (TPSA) is 49.3 Å². The van der Waals surface area contributed by atoms with E-state index in [9.17, 15) is 4.79 Å². The van der Waals surface area contributed by atoms with E-state index in [1.165, 1.54) is 16.9 Å². The van der Waals surface area contributed by atoms with Crippen LogP contribution in [0.15, 0.2) is 67.0 Å². The third-order valence-electron chi connectivity index (χ3n) is 5.56. The van der Waals surface area contributed by atoms with Crippen LogP contribution in [0.25, 0.3) is 21.5 Å². The Hall–Kier alpha value is -2.80. The summed E-state index contributed by atoms with van der Waals surface area (Å²) in [7, 11) is 0. The number of halogens is 1. The van der Waals surface area contributed by atoms with Crippen LogP contribution >= 0.6 is 22.9 Å². The molecule has 3 aromatic heterocycles. The Bertz CT molecular complexity index is 1220. The number of hydrogen-bond acceptors (Lipinski definition) is 5. The monoisotopic (exact) mass is 448 g/mol. The molecule has 1 saturated heterocycles. The summed E-state index contributed by atoms with van der Waals surface area (Å²) in [6.07, 6.45) is 3.69. The average molecular weight is 449 g/mol. The van der Waals surface area contributed by atoms with E-state index < -0.39 is 0 Å². The molecular weight excluding hydrogens is 428 g/mol. The van der Waals surface area contributed by atoms with Gasteiger partial charge in [-0.1, -0.05) is 35.9 Å². The van der Waals surface area contributed by atoms with E-state index in [1.807, 2.05) is 59.6 Å². The fraction of sp³-hybridized carbons (Fsp3) is 0.208. The minimum absolute atomic E-state index is 0.0588. The van der Waals surface area contributed by atoms with Crippen LogP contribution < -0.4 is 0 Å². The number of aromatic nitrogens is 2.